The molecule has 6 heteroatoms. The maximum absolute atomic E-state index is 13.1. The van der Waals surface area contributed by atoms with Crippen molar-refractivity contribution < 1.29 is 18.7 Å². The summed E-state index contributed by atoms with van der Waals surface area (Å²) >= 11 is 0. The van der Waals surface area contributed by atoms with E-state index in [-0.39, 0.29) is 18.9 Å². The first-order valence-electron chi connectivity index (χ1n) is 9.57. The zero-order chi connectivity index (χ0) is 19.6. The van der Waals surface area contributed by atoms with Gasteiger partial charge < -0.3 is 18.8 Å². The van der Waals surface area contributed by atoms with Gasteiger partial charge in [0.2, 0.25) is 5.91 Å². The number of likely N-dealkylation sites (tertiary alicyclic amines) is 1. The van der Waals surface area contributed by atoms with Gasteiger partial charge in [-0.1, -0.05) is 30.3 Å². The molecular weight excluding hydrogens is 356 g/mol. The van der Waals surface area contributed by atoms with E-state index in [1.165, 1.54) is 0 Å². The minimum Gasteiger partial charge on any atom is -0.459 e. The number of aliphatic hydroxyl groups excluding tert-OH is 1. The summed E-state index contributed by atoms with van der Waals surface area (Å²) in [4.78, 5) is 19.4. The highest BCUT2D eigenvalue weighted by Gasteiger charge is 2.43. The predicted octanol–water partition coefficient (Wildman–Crippen LogP) is 3.38. The van der Waals surface area contributed by atoms with Crippen molar-refractivity contribution in [3.63, 3.8) is 0 Å². The van der Waals surface area contributed by atoms with Crippen molar-refractivity contribution in [1.29, 1.82) is 0 Å². The van der Waals surface area contributed by atoms with E-state index in [2.05, 4.69) is 4.98 Å². The standard InChI is InChI=1S/C22H24N2O4/c1-16-18(23-21(28-16)19-9-5-12-27-19)13-20(26)24-11-6-10-22(24,15-25)14-17-7-3-2-4-8-17/h2-5,7-9,12,25H,6,10-11,13-15H2,1H3/t22-/m1/s1. The summed E-state index contributed by atoms with van der Waals surface area (Å²) in [6.07, 6.45) is 4.02. The van der Waals surface area contributed by atoms with Gasteiger partial charge in [-0.3, -0.25) is 4.79 Å². The largest absolute Gasteiger partial charge is 0.459 e. The van der Waals surface area contributed by atoms with Crippen molar-refractivity contribution >= 4 is 5.91 Å². The number of furan rings is 1. The molecular formula is C22H24N2O4. The molecule has 6 nitrogen and oxygen atoms in total. The molecule has 28 heavy (non-hydrogen) atoms. The maximum Gasteiger partial charge on any atom is 0.263 e. The molecule has 1 aromatic carbocycles. The Hall–Kier alpha value is -2.86. The van der Waals surface area contributed by atoms with Gasteiger partial charge in [-0.25, -0.2) is 4.98 Å². The molecule has 1 aliphatic heterocycles. The fraction of sp³-hybridized carbons (Fsp3) is 0.364. The van der Waals surface area contributed by atoms with E-state index < -0.39 is 5.54 Å². The summed E-state index contributed by atoms with van der Waals surface area (Å²) in [7, 11) is 0. The molecule has 1 saturated heterocycles. The van der Waals surface area contributed by atoms with E-state index in [1.807, 2.05) is 35.2 Å². The van der Waals surface area contributed by atoms with Crippen LogP contribution in [0.15, 0.2) is 57.6 Å². The Balaban J connectivity index is 1.53. The minimum absolute atomic E-state index is 0.0372. The monoisotopic (exact) mass is 380 g/mol. The average molecular weight is 380 g/mol. The van der Waals surface area contributed by atoms with E-state index in [0.29, 0.717) is 36.1 Å². The van der Waals surface area contributed by atoms with Gasteiger partial charge in [0.05, 0.1) is 30.5 Å². The molecule has 146 valence electrons. The highest BCUT2D eigenvalue weighted by atomic mass is 16.4. The smallest absolute Gasteiger partial charge is 0.263 e. The van der Waals surface area contributed by atoms with Gasteiger partial charge in [0.25, 0.3) is 5.89 Å². The van der Waals surface area contributed by atoms with Crippen LogP contribution in [0.4, 0.5) is 0 Å². The predicted molar refractivity (Wildman–Crippen MR) is 104 cm³/mol. The third kappa shape index (κ3) is 3.47. The van der Waals surface area contributed by atoms with Gasteiger partial charge in [-0.05, 0) is 43.9 Å². The number of carbonyl (C=O) groups is 1. The fourth-order valence-corrected chi connectivity index (χ4v) is 4.04. The lowest BCUT2D eigenvalue weighted by molar-refractivity contribution is -0.136. The molecule has 3 heterocycles. The van der Waals surface area contributed by atoms with Crippen LogP contribution in [-0.4, -0.2) is 39.6 Å². The Bertz CT molecular complexity index is 933. The highest BCUT2D eigenvalue weighted by Crippen LogP contribution is 2.33. The second-order valence-corrected chi connectivity index (χ2v) is 7.37. The molecule has 1 aliphatic rings. The van der Waals surface area contributed by atoms with Crippen LogP contribution in [0.1, 0.15) is 29.9 Å². The van der Waals surface area contributed by atoms with E-state index in [0.717, 1.165) is 18.4 Å². The van der Waals surface area contributed by atoms with Crippen molar-refractivity contribution in [2.75, 3.05) is 13.2 Å². The molecule has 0 spiro atoms. The molecule has 1 atom stereocenters. The first-order valence-corrected chi connectivity index (χ1v) is 9.57. The van der Waals surface area contributed by atoms with Crippen molar-refractivity contribution in [2.45, 2.75) is 38.1 Å². The Morgan fingerprint density at radius 3 is 2.79 bits per heavy atom. The third-order valence-corrected chi connectivity index (χ3v) is 5.51. The first kappa shape index (κ1) is 18.5. The minimum atomic E-state index is -0.556. The van der Waals surface area contributed by atoms with E-state index in [1.54, 1.807) is 25.3 Å². The first-order chi connectivity index (χ1) is 13.6. The summed E-state index contributed by atoms with van der Waals surface area (Å²) in [5.74, 6) is 1.49. The van der Waals surface area contributed by atoms with Crippen LogP contribution in [0, 0.1) is 6.92 Å². The van der Waals surface area contributed by atoms with E-state index >= 15 is 0 Å². The highest BCUT2D eigenvalue weighted by molar-refractivity contribution is 5.80. The summed E-state index contributed by atoms with van der Waals surface area (Å²) in [5, 5.41) is 10.2. The number of hydrogen-bond donors (Lipinski definition) is 1. The summed E-state index contributed by atoms with van der Waals surface area (Å²) in [6.45, 7) is 2.40. The van der Waals surface area contributed by atoms with Gasteiger partial charge in [-0.2, -0.15) is 0 Å². The molecule has 0 unspecified atom stereocenters. The number of aryl methyl sites for hydroxylation is 1. The topological polar surface area (TPSA) is 79.7 Å². The van der Waals surface area contributed by atoms with Crippen molar-refractivity contribution in [3.8, 4) is 11.7 Å². The van der Waals surface area contributed by atoms with Crippen molar-refractivity contribution in [2.24, 2.45) is 0 Å². The Morgan fingerprint density at radius 2 is 2.07 bits per heavy atom. The number of nitrogens with zero attached hydrogens (tertiary/aromatic N) is 2. The average Bonchev–Trinajstić information content (AvgIpc) is 3.44. The van der Waals surface area contributed by atoms with Gasteiger partial charge in [-0.15, -0.1) is 0 Å². The third-order valence-electron chi connectivity index (χ3n) is 5.51. The number of aromatic nitrogens is 1. The molecule has 3 aromatic rings. The van der Waals surface area contributed by atoms with Crippen LogP contribution in [0.5, 0.6) is 0 Å². The zero-order valence-electron chi connectivity index (χ0n) is 15.9. The molecule has 1 N–H and O–H groups in total. The van der Waals surface area contributed by atoms with Gasteiger partial charge >= 0.3 is 0 Å². The summed E-state index contributed by atoms with van der Waals surface area (Å²) in [6, 6.07) is 13.5. The molecule has 0 radical (unpaired) electrons. The summed E-state index contributed by atoms with van der Waals surface area (Å²) < 4.78 is 11.0. The van der Waals surface area contributed by atoms with Crippen LogP contribution in [0.3, 0.4) is 0 Å². The number of hydrogen-bond acceptors (Lipinski definition) is 5. The maximum atomic E-state index is 13.1. The molecule has 4 rings (SSSR count). The number of rotatable bonds is 6. The fourth-order valence-electron chi connectivity index (χ4n) is 4.04. The summed E-state index contributed by atoms with van der Waals surface area (Å²) in [5.41, 5.74) is 1.17. The number of oxazole rings is 1. The van der Waals surface area contributed by atoms with E-state index in [4.69, 9.17) is 8.83 Å². The van der Waals surface area contributed by atoms with E-state index in [9.17, 15) is 9.90 Å². The molecule has 0 bridgehead atoms. The van der Waals surface area contributed by atoms with Crippen LogP contribution < -0.4 is 0 Å². The number of aliphatic hydroxyl groups is 1. The van der Waals surface area contributed by atoms with Gasteiger partial charge in [0.15, 0.2) is 5.76 Å². The van der Waals surface area contributed by atoms with Crippen molar-refractivity contribution in [1.82, 2.24) is 9.88 Å². The lowest BCUT2D eigenvalue weighted by atomic mass is 9.88. The quantitative estimate of drug-likeness (QED) is 0.709. The molecule has 2 aromatic heterocycles. The zero-order valence-corrected chi connectivity index (χ0v) is 15.9. The van der Waals surface area contributed by atoms with Crippen LogP contribution in [-0.2, 0) is 17.6 Å². The normalized spacial score (nSPS) is 19.3. The molecule has 0 aliphatic carbocycles. The molecule has 0 saturated carbocycles. The molecule has 1 fully saturated rings. The Labute approximate surface area is 163 Å². The Morgan fingerprint density at radius 1 is 1.25 bits per heavy atom. The van der Waals surface area contributed by atoms with Crippen LogP contribution >= 0.6 is 0 Å². The van der Waals surface area contributed by atoms with Gasteiger partial charge in [0, 0.05) is 6.54 Å². The lowest BCUT2D eigenvalue weighted by Gasteiger charge is -2.37. The van der Waals surface area contributed by atoms with Crippen molar-refractivity contribution in [3.05, 3.63) is 65.7 Å². The molecule has 1 amide bonds. The second-order valence-electron chi connectivity index (χ2n) is 7.37. The number of benzene rings is 1. The van der Waals surface area contributed by atoms with Crippen LogP contribution in [0.25, 0.3) is 11.7 Å². The Kier molecular flexibility index (Phi) is 5.05. The number of carbonyl (C=O) groups excluding carboxylic acids is 1. The number of amides is 1. The van der Waals surface area contributed by atoms with Crippen LogP contribution in [0.2, 0.25) is 0 Å². The lowest BCUT2D eigenvalue weighted by Crippen LogP contribution is -2.52. The van der Waals surface area contributed by atoms with Gasteiger partial charge in [0.1, 0.15) is 5.76 Å². The second kappa shape index (κ2) is 7.64. The SMILES string of the molecule is Cc1oc(-c2ccco2)nc1CC(=O)N1CCC[C@]1(CO)Cc1ccccc1.